The van der Waals surface area contributed by atoms with Crippen molar-refractivity contribution < 1.29 is 0 Å². The molecule has 1 N–H and O–H groups in total. The van der Waals surface area contributed by atoms with Gasteiger partial charge >= 0.3 is 0 Å². The highest BCUT2D eigenvalue weighted by Crippen LogP contribution is 2.41. The Balaban J connectivity index is 1.53. The van der Waals surface area contributed by atoms with Crippen molar-refractivity contribution in [1.82, 2.24) is 9.97 Å². The largest absolute Gasteiger partial charge is 0.339 e. The van der Waals surface area contributed by atoms with Crippen molar-refractivity contribution in [3.8, 4) is 0 Å². The van der Waals surface area contributed by atoms with Crippen LogP contribution in [0.25, 0.3) is 10.2 Å². The number of thioether (sulfide) groups is 1. The van der Waals surface area contributed by atoms with Crippen LogP contribution in [-0.2, 0) is 18.6 Å². The summed E-state index contributed by atoms with van der Waals surface area (Å²) in [6, 6.07) is 14.4. The van der Waals surface area contributed by atoms with Gasteiger partial charge in [-0.3, -0.25) is 0 Å². The van der Waals surface area contributed by atoms with E-state index < -0.39 is 0 Å². The summed E-state index contributed by atoms with van der Waals surface area (Å²) in [4.78, 5) is 13.7. The molecule has 4 aromatic rings. The number of rotatable bonds is 5. The third-order valence-electron chi connectivity index (χ3n) is 5.44. The average molecular weight is 452 g/mol. The molecule has 0 bridgehead atoms. The lowest BCUT2D eigenvalue weighted by Crippen LogP contribution is -2.02. The highest BCUT2D eigenvalue weighted by molar-refractivity contribution is 7.98. The van der Waals surface area contributed by atoms with Crippen molar-refractivity contribution in [1.29, 1.82) is 0 Å². The molecule has 2 aromatic carbocycles. The molecule has 0 radical (unpaired) electrons. The van der Waals surface area contributed by atoms with Gasteiger partial charge in [0.15, 0.2) is 0 Å². The van der Waals surface area contributed by atoms with Gasteiger partial charge in [0.2, 0.25) is 0 Å². The van der Waals surface area contributed by atoms with Gasteiger partial charge in [0.25, 0.3) is 0 Å². The lowest BCUT2D eigenvalue weighted by Gasteiger charge is -2.13. The maximum absolute atomic E-state index is 6.01. The van der Waals surface area contributed by atoms with Crippen LogP contribution in [0.1, 0.15) is 33.8 Å². The summed E-state index contributed by atoms with van der Waals surface area (Å²) in [5.41, 5.74) is 5.02. The van der Waals surface area contributed by atoms with Crippen LogP contribution in [0.5, 0.6) is 0 Å². The number of nitrogens with zero attached hydrogens (tertiary/aromatic N) is 2. The molecule has 3 nitrogen and oxygen atoms in total. The highest BCUT2D eigenvalue weighted by Gasteiger charge is 2.22. The van der Waals surface area contributed by atoms with Gasteiger partial charge in [-0.25, -0.2) is 9.97 Å². The minimum atomic E-state index is 0.724. The van der Waals surface area contributed by atoms with Crippen molar-refractivity contribution in [2.45, 2.75) is 43.8 Å². The van der Waals surface area contributed by atoms with Crippen LogP contribution < -0.4 is 5.32 Å². The summed E-state index contributed by atoms with van der Waals surface area (Å²) in [5.74, 6) is 2.52. The monoisotopic (exact) mass is 451 g/mol. The second-order valence-corrected chi connectivity index (χ2v) is 10.3. The Bertz CT molecular complexity index is 1230. The summed E-state index contributed by atoms with van der Waals surface area (Å²) < 4.78 is 0. The first-order valence-electron chi connectivity index (χ1n) is 10.1. The molecule has 0 saturated heterocycles. The van der Waals surface area contributed by atoms with Gasteiger partial charge < -0.3 is 5.32 Å². The van der Waals surface area contributed by atoms with E-state index in [-0.39, 0.29) is 0 Å². The number of hydrogen-bond acceptors (Lipinski definition) is 5. The van der Waals surface area contributed by atoms with E-state index in [4.69, 9.17) is 21.6 Å². The predicted molar refractivity (Wildman–Crippen MR) is 130 cm³/mol. The third kappa shape index (κ3) is 3.94. The first kappa shape index (κ1) is 19.9. The van der Waals surface area contributed by atoms with E-state index in [1.807, 2.05) is 35.6 Å². The molecule has 152 valence electrons. The molecule has 0 amide bonds. The summed E-state index contributed by atoms with van der Waals surface area (Å²) in [6.07, 6.45) is 3.52. The molecule has 30 heavy (non-hydrogen) atoms. The molecule has 2 heterocycles. The SMILES string of the molecule is Cc1ccc(C)c(Nc2nc(CSc3ccc(Cl)cc3)nc3sc4c(c23)CCC4)c1. The van der Waals surface area contributed by atoms with E-state index in [0.29, 0.717) is 0 Å². The highest BCUT2D eigenvalue weighted by atomic mass is 35.5. The number of aromatic nitrogens is 2. The number of hydrogen-bond donors (Lipinski definition) is 1. The Labute approximate surface area is 189 Å². The van der Waals surface area contributed by atoms with E-state index in [9.17, 15) is 0 Å². The zero-order valence-corrected chi connectivity index (χ0v) is 19.3. The molecular formula is C24H22ClN3S2. The molecular weight excluding hydrogens is 430 g/mol. The minimum Gasteiger partial charge on any atom is -0.339 e. The van der Waals surface area contributed by atoms with Crippen molar-refractivity contribution in [2.24, 2.45) is 0 Å². The van der Waals surface area contributed by atoms with Gasteiger partial charge in [-0.1, -0.05) is 23.7 Å². The van der Waals surface area contributed by atoms with Crippen molar-refractivity contribution in [2.75, 3.05) is 5.32 Å². The average Bonchev–Trinajstić information content (AvgIpc) is 3.31. The number of anilines is 2. The maximum Gasteiger partial charge on any atom is 0.143 e. The smallest absolute Gasteiger partial charge is 0.143 e. The number of halogens is 1. The number of fused-ring (bicyclic) bond motifs is 3. The molecule has 1 aliphatic carbocycles. The summed E-state index contributed by atoms with van der Waals surface area (Å²) in [5, 5.41) is 5.62. The first-order chi connectivity index (χ1) is 14.6. The fraction of sp³-hybridized carbons (Fsp3) is 0.250. The predicted octanol–water partition coefficient (Wildman–Crippen LogP) is 7.49. The Kier molecular flexibility index (Phi) is 5.44. The van der Waals surface area contributed by atoms with Crippen molar-refractivity contribution in [3.05, 3.63) is 74.9 Å². The van der Waals surface area contributed by atoms with Gasteiger partial charge in [0, 0.05) is 20.5 Å². The lowest BCUT2D eigenvalue weighted by atomic mass is 10.1. The third-order valence-corrected chi connectivity index (χ3v) is 7.88. The fourth-order valence-corrected chi connectivity index (χ4v) is 6.03. The van der Waals surface area contributed by atoms with Crippen LogP contribution in [0.4, 0.5) is 11.5 Å². The molecule has 0 saturated carbocycles. The van der Waals surface area contributed by atoms with Crippen molar-refractivity contribution in [3.63, 3.8) is 0 Å². The Morgan fingerprint density at radius 1 is 1.07 bits per heavy atom. The van der Waals surface area contributed by atoms with Gasteiger partial charge in [0.05, 0.1) is 11.1 Å². The Morgan fingerprint density at radius 2 is 1.90 bits per heavy atom. The van der Waals surface area contributed by atoms with Crippen LogP contribution in [0, 0.1) is 13.8 Å². The second kappa shape index (κ2) is 8.22. The van der Waals surface area contributed by atoms with Crippen LogP contribution in [0.3, 0.4) is 0 Å². The molecule has 6 heteroatoms. The second-order valence-electron chi connectivity index (χ2n) is 7.71. The Morgan fingerprint density at radius 3 is 2.73 bits per heavy atom. The molecule has 5 rings (SSSR count). The van der Waals surface area contributed by atoms with Crippen LogP contribution in [-0.4, -0.2) is 9.97 Å². The number of benzene rings is 2. The van der Waals surface area contributed by atoms with E-state index in [0.717, 1.165) is 45.8 Å². The molecule has 0 fully saturated rings. The van der Waals surface area contributed by atoms with E-state index in [2.05, 4.69) is 37.4 Å². The van der Waals surface area contributed by atoms with E-state index in [1.165, 1.54) is 38.3 Å². The lowest BCUT2D eigenvalue weighted by molar-refractivity contribution is 0.917. The van der Waals surface area contributed by atoms with Gasteiger partial charge in [-0.2, -0.15) is 0 Å². The topological polar surface area (TPSA) is 37.8 Å². The molecule has 1 aliphatic rings. The number of nitrogens with one attached hydrogen (secondary N) is 1. The summed E-state index contributed by atoms with van der Waals surface area (Å²) in [7, 11) is 0. The van der Waals surface area contributed by atoms with Crippen LogP contribution in [0.2, 0.25) is 5.02 Å². The molecule has 0 atom stereocenters. The van der Waals surface area contributed by atoms with Crippen molar-refractivity contribution >= 4 is 56.4 Å². The summed E-state index contributed by atoms with van der Waals surface area (Å²) in [6.45, 7) is 4.26. The standard InChI is InChI=1S/C24H22ClN3S2/c1-14-6-7-15(2)19(12-14)26-23-22-18-4-3-5-20(18)30-24(22)28-21(27-23)13-29-17-10-8-16(25)9-11-17/h6-12H,3-5,13H2,1-2H3,(H,26,27,28). The van der Waals surface area contributed by atoms with Gasteiger partial charge in [-0.15, -0.1) is 23.1 Å². The normalized spacial score (nSPS) is 13.0. The first-order valence-corrected chi connectivity index (χ1v) is 12.3. The maximum atomic E-state index is 6.01. The van der Waals surface area contributed by atoms with E-state index in [1.54, 1.807) is 11.8 Å². The number of aryl methyl sites for hydroxylation is 4. The Hall–Kier alpha value is -2.08. The van der Waals surface area contributed by atoms with Gasteiger partial charge in [0.1, 0.15) is 16.5 Å². The molecule has 0 aliphatic heterocycles. The molecule has 0 spiro atoms. The van der Waals surface area contributed by atoms with Crippen LogP contribution >= 0.6 is 34.7 Å². The fourth-order valence-electron chi connectivity index (χ4n) is 3.87. The van der Waals surface area contributed by atoms with Gasteiger partial charge in [-0.05, 0) is 80.1 Å². The zero-order valence-electron chi connectivity index (χ0n) is 17.0. The van der Waals surface area contributed by atoms with Crippen LogP contribution in [0.15, 0.2) is 47.4 Å². The molecule has 2 aromatic heterocycles. The number of thiophene rings is 1. The zero-order chi connectivity index (χ0) is 20.7. The quantitative estimate of drug-likeness (QED) is 0.319. The summed E-state index contributed by atoms with van der Waals surface area (Å²) >= 11 is 9.59. The minimum absolute atomic E-state index is 0.724. The van der Waals surface area contributed by atoms with E-state index >= 15 is 0 Å². The molecule has 0 unspecified atom stereocenters.